The monoisotopic (exact) mass is 505 g/mol. The normalized spacial score (nSPS) is 15.9. The summed E-state index contributed by atoms with van der Waals surface area (Å²) in [4.78, 5) is 29.6. The molecular formula is C25H26Cl2FN3O3. The highest BCUT2D eigenvalue weighted by molar-refractivity contribution is 6.42. The van der Waals surface area contributed by atoms with Crippen molar-refractivity contribution in [3.05, 3.63) is 74.4 Å². The molecule has 6 nitrogen and oxygen atoms in total. The third-order valence-corrected chi connectivity index (χ3v) is 6.76. The lowest BCUT2D eigenvalue weighted by molar-refractivity contribution is 0.0886. The lowest BCUT2D eigenvalue weighted by atomic mass is 10.0. The molecule has 1 fully saturated rings. The van der Waals surface area contributed by atoms with E-state index in [0.29, 0.717) is 22.0 Å². The molecule has 0 aliphatic carbocycles. The molecule has 1 amide bonds. The van der Waals surface area contributed by atoms with Gasteiger partial charge in [-0.1, -0.05) is 30.1 Å². The predicted octanol–water partition coefficient (Wildman–Crippen LogP) is 4.88. The van der Waals surface area contributed by atoms with Crippen molar-refractivity contribution in [1.82, 2.24) is 15.2 Å². The highest BCUT2D eigenvalue weighted by Crippen LogP contribution is 2.28. The Morgan fingerprint density at radius 2 is 1.94 bits per heavy atom. The maximum absolute atomic E-state index is 13.7. The number of nitrogens with one attached hydrogen (secondary N) is 2. The number of aromatic nitrogens is 1. The van der Waals surface area contributed by atoms with Gasteiger partial charge in [0.05, 0.1) is 15.6 Å². The minimum absolute atomic E-state index is 0.123. The molecule has 1 saturated heterocycles. The molecule has 0 spiro atoms. The summed E-state index contributed by atoms with van der Waals surface area (Å²) in [6, 6.07) is 9.11. The third kappa shape index (κ3) is 5.90. The number of H-pyrrole nitrogens is 1. The van der Waals surface area contributed by atoms with Gasteiger partial charge in [-0.15, -0.1) is 0 Å². The first-order chi connectivity index (χ1) is 16.3. The topological polar surface area (TPSA) is 74.4 Å². The van der Waals surface area contributed by atoms with Crippen LogP contribution in [0.1, 0.15) is 30.1 Å². The van der Waals surface area contributed by atoms with E-state index in [1.807, 2.05) is 6.07 Å². The second-order valence-corrected chi connectivity index (χ2v) is 9.54. The van der Waals surface area contributed by atoms with Crippen molar-refractivity contribution in [2.75, 3.05) is 26.2 Å². The zero-order chi connectivity index (χ0) is 24.2. The Morgan fingerprint density at radius 1 is 1.18 bits per heavy atom. The van der Waals surface area contributed by atoms with Gasteiger partial charge in [0, 0.05) is 49.2 Å². The molecule has 2 aromatic carbocycles. The fourth-order valence-corrected chi connectivity index (χ4v) is 4.53. The fraction of sp³-hybridized carbons (Fsp3) is 0.360. The second-order valence-electron chi connectivity index (χ2n) is 8.73. The van der Waals surface area contributed by atoms with E-state index >= 15 is 0 Å². The van der Waals surface area contributed by atoms with E-state index in [2.05, 4.69) is 22.1 Å². The first-order valence-electron chi connectivity index (χ1n) is 11.2. The standard InChI is InChI=1S/C25H26Cl2FN3O3/c1-15(12-29-25(33)21-13-30-24(32)19-4-2-16(28)10-20(19)21)14-31-8-6-17(7-9-31)34-18-3-5-22(26)23(27)11-18/h2-5,10-11,13,15,17H,6-9,12,14H2,1H3,(H,29,33)(H,30,32)/t15-/m1/s1. The second kappa shape index (κ2) is 10.8. The summed E-state index contributed by atoms with van der Waals surface area (Å²) in [5.74, 6) is 0.0975. The van der Waals surface area contributed by atoms with Crippen molar-refractivity contribution in [3.63, 3.8) is 0 Å². The van der Waals surface area contributed by atoms with Gasteiger partial charge in [0.15, 0.2) is 0 Å². The van der Waals surface area contributed by atoms with E-state index in [-0.39, 0.29) is 34.4 Å². The average Bonchev–Trinajstić information content (AvgIpc) is 2.81. The number of rotatable bonds is 7. The molecule has 0 bridgehead atoms. The Balaban J connectivity index is 1.26. The van der Waals surface area contributed by atoms with Gasteiger partial charge in [0.2, 0.25) is 0 Å². The summed E-state index contributed by atoms with van der Waals surface area (Å²) in [5.41, 5.74) is -0.104. The van der Waals surface area contributed by atoms with Crippen LogP contribution in [-0.2, 0) is 0 Å². The lowest BCUT2D eigenvalue weighted by Crippen LogP contribution is -2.42. The average molecular weight is 506 g/mol. The number of hydrogen-bond donors (Lipinski definition) is 2. The number of fused-ring (bicyclic) bond motifs is 1. The number of aromatic amines is 1. The Morgan fingerprint density at radius 3 is 2.68 bits per heavy atom. The highest BCUT2D eigenvalue weighted by Gasteiger charge is 2.22. The maximum atomic E-state index is 13.7. The Labute approximate surface area is 207 Å². The number of amides is 1. The van der Waals surface area contributed by atoms with Crippen LogP contribution in [0.4, 0.5) is 4.39 Å². The number of pyridine rings is 1. The van der Waals surface area contributed by atoms with E-state index < -0.39 is 5.82 Å². The van der Waals surface area contributed by atoms with Crippen LogP contribution in [0.2, 0.25) is 10.0 Å². The number of benzene rings is 2. The zero-order valence-electron chi connectivity index (χ0n) is 18.7. The van der Waals surface area contributed by atoms with E-state index in [4.69, 9.17) is 27.9 Å². The highest BCUT2D eigenvalue weighted by atomic mass is 35.5. The third-order valence-electron chi connectivity index (χ3n) is 6.02. The molecule has 1 aliphatic heterocycles. The first-order valence-corrected chi connectivity index (χ1v) is 12.0. The number of nitrogens with zero attached hydrogens (tertiary/aromatic N) is 1. The van der Waals surface area contributed by atoms with Crippen molar-refractivity contribution in [2.45, 2.75) is 25.9 Å². The Bertz CT molecular complexity index is 1240. The Kier molecular flexibility index (Phi) is 7.76. The molecular weight excluding hydrogens is 480 g/mol. The van der Waals surface area contributed by atoms with Crippen molar-refractivity contribution in [2.24, 2.45) is 5.92 Å². The number of piperidine rings is 1. The van der Waals surface area contributed by atoms with E-state index in [1.165, 1.54) is 24.4 Å². The molecule has 0 unspecified atom stereocenters. The van der Waals surface area contributed by atoms with Crippen molar-refractivity contribution < 1.29 is 13.9 Å². The van der Waals surface area contributed by atoms with Crippen molar-refractivity contribution >= 4 is 39.9 Å². The molecule has 0 saturated carbocycles. The van der Waals surface area contributed by atoms with Crippen LogP contribution >= 0.6 is 23.2 Å². The number of hydrogen-bond acceptors (Lipinski definition) is 4. The molecule has 9 heteroatoms. The molecule has 2 N–H and O–H groups in total. The number of halogens is 3. The number of likely N-dealkylation sites (tertiary alicyclic amines) is 1. The van der Waals surface area contributed by atoms with Gasteiger partial charge in [-0.3, -0.25) is 9.59 Å². The molecule has 0 radical (unpaired) electrons. The molecule has 1 aromatic heterocycles. The summed E-state index contributed by atoms with van der Waals surface area (Å²) < 4.78 is 19.7. The summed E-state index contributed by atoms with van der Waals surface area (Å²) in [6.45, 7) is 5.17. The van der Waals surface area contributed by atoms with Gasteiger partial charge >= 0.3 is 0 Å². The molecule has 2 heterocycles. The van der Waals surface area contributed by atoms with Crippen LogP contribution in [0.3, 0.4) is 0 Å². The van der Waals surface area contributed by atoms with Crippen LogP contribution in [0.25, 0.3) is 10.8 Å². The summed E-state index contributed by atoms with van der Waals surface area (Å²) in [6.07, 6.45) is 3.25. The Hall–Kier alpha value is -2.61. The van der Waals surface area contributed by atoms with Crippen LogP contribution in [0, 0.1) is 11.7 Å². The van der Waals surface area contributed by atoms with Gasteiger partial charge < -0.3 is 19.9 Å². The van der Waals surface area contributed by atoms with Crippen LogP contribution in [0.15, 0.2) is 47.4 Å². The van der Waals surface area contributed by atoms with E-state index in [1.54, 1.807) is 12.1 Å². The maximum Gasteiger partial charge on any atom is 0.255 e. The van der Waals surface area contributed by atoms with Crippen LogP contribution in [-0.4, -0.2) is 48.1 Å². The molecule has 1 aliphatic rings. The lowest BCUT2D eigenvalue weighted by Gasteiger charge is -2.33. The molecule has 34 heavy (non-hydrogen) atoms. The molecule has 180 valence electrons. The first kappa shape index (κ1) is 24.5. The van der Waals surface area contributed by atoms with Gasteiger partial charge in [0.1, 0.15) is 17.7 Å². The van der Waals surface area contributed by atoms with Crippen LogP contribution < -0.4 is 15.6 Å². The quantitative estimate of drug-likeness (QED) is 0.479. The summed E-state index contributed by atoms with van der Waals surface area (Å²) in [5, 5.41) is 4.49. The zero-order valence-corrected chi connectivity index (χ0v) is 20.3. The smallest absolute Gasteiger partial charge is 0.255 e. The number of ether oxygens (including phenoxy) is 1. The number of carbonyl (C=O) groups excluding carboxylic acids is 1. The van der Waals surface area contributed by atoms with Crippen LogP contribution in [0.5, 0.6) is 5.75 Å². The minimum Gasteiger partial charge on any atom is -0.490 e. The van der Waals surface area contributed by atoms with Gasteiger partial charge in [0.25, 0.3) is 11.5 Å². The molecule has 4 rings (SSSR count). The SMILES string of the molecule is C[C@H](CNC(=O)c1c[nH]c(=O)c2ccc(F)cc12)CN1CCC(Oc2ccc(Cl)c(Cl)c2)CC1. The molecule has 3 aromatic rings. The van der Waals surface area contributed by atoms with Gasteiger partial charge in [-0.05, 0) is 49.1 Å². The van der Waals surface area contributed by atoms with Crippen molar-refractivity contribution in [1.29, 1.82) is 0 Å². The predicted molar refractivity (Wildman–Crippen MR) is 133 cm³/mol. The number of carbonyl (C=O) groups is 1. The fourth-order valence-electron chi connectivity index (χ4n) is 4.24. The summed E-state index contributed by atoms with van der Waals surface area (Å²) >= 11 is 12.0. The van der Waals surface area contributed by atoms with Gasteiger partial charge in [-0.25, -0.2) is 4.39 Å². The largest absolute Gasteiger partial charge is 0.490 e. The molecule has 1 atom stereocenters. The van der Waals surface area contributed by atoms with Crippen molar-refractivity contribution in [3.8, 4) is 5.75 Å². The summed E-state index contributed by atoms with van der Waals surface area (Å²) in [7, 11) is 0. The van der Waals surface area contributed by atoms with Gasteiger partial charge in [-0.2, -0.15) is 0 Å². The van der Waals surface area contributed by atoms with E-state index in [9.17, 15) is 14.0 Å². The van der Waals surface area contributed by atoms with E-state index in [0.717, 1.165) is 38.2 Å². The minimum atomic E-state index is -0.493.